The number of hydrogen-bond acceptors (Lipinski definition) is 4. The smallest absolute Gasteiger partial charge is 0.210 e. The van der Waals surface area contributed by atoms with Gasteiger partial charge in [0.15, 0.2) is 0 Å². The molecule has 0 saturated carbocycles. The summed E-state index contributed by atoms with van der Waals surface area (Å²) in [6.07, 6.45) is 5.10. The van der Waals surface area contributed by atoms with Gasteiger partial charge in [-0.1, -0.05) is 6.07 Å². The van der Waals surface area contributed by atoms with Crippen LogP contribution in [0.1, 0.15) is 24.0 Å². The fraction of sp³-hybridized carbons (Fsp3) is 0.462. The summed E-state index contributed by atoms with van der Waals surface area (Å²) in [5.41, 5.74) is 10.4. The van der Waals surface area contributed by atoms with Gasteiger partial charge in [-0.25, -0.2) is 0 Å². The Labute approximate surface area is 101 Å². The predicted molar refractivity (Wildman–Crippen MR) is 70.1 cm³/mol. The molecule has 2 aliphatic rings. The molecular weight excluding hydrogens is 212 g/mol. The highest BCUT2D eigenvalue weighted by Gasteiger charge is 2.09. The first-order valence-electron chi connectivity index (χ1n) is 6.34. The lowest BCUT2D eigenvalue weighted by Gasteiger charge is -2.17. The lowest BCUT2D eigenvalue weighted by molar-refractivity contribution is 0.686. The van der Waals surface area contributed by atoms with Crippen LogP contribution in [0.2, 0.25) is 0 Å². The first-order chi connectivity index (χ1) is 8.42. The summed E-state index contributed by atoms with van der Waals surface area (Å²) in [5, 5.41) is 3.17. The van der Waals surface area contributed by atoms with Crippen molar-refractivity contribution in [1.82, 2.24) is 10.7 Å². The average Bonchev–Trinajstić information content (AvgIpc) is 2.89. The Morgan fingerprint density at radius 3 is 2.76 bits per heavy atom. The molecule has 0 amide bonds. The van der Waals surface area contributed by atoms with Gasteiger partial charge in [0.1, 0.15) is 0 Å². The predicted octanol–water partition coefficient (Wildman–Crippen LogP) is 1.44. The van der Waals surface area contributed by atoms with Crippen molar-refractivity contribution in [3.05, 3.63) is 29.3 Å². The molecule has 0 atom stereocenters. The van der Waals surface area contributed by atoms with E-state index in [1.807, 2.05) is 0 Å². The van der Waals surface area contributed by atoms with Crippen molar-refractivity contribution in [3.8, 4) is 0 Å². The highest BCUT2D eigenvalue weighted by molar-refractivity contribution is 5.82. The number of fused-ring (bicyclic) bond motifs is 1. The maximum Gasteiger partial charge on any atom is 0.210 e. The summed E-state index contributed by atoms with van der Waals surface area (Å²) in [5.74, 6) is 0.836. The van der Waals surface area contributed by atoms with Gasteiger partial charge in [0, 0.05) is 6.54 Å². The van der Waals surface area contributed by atoms with E-state index in [9.17, 15) is 0 Å². The van der Waals surface area contributed by atoms with Crippen LogP contribution in [0.5, 0.6) is 0 Å². The van der Waals surface area contributed by atoms with Gasteiger partial charge in [-0.05, 0) is 48.9 Å². The van der Waals surface area contributed by atoms with Crippen LogP contribution >= 0.6 is 0 Å². The molecule has 3 N–H and O–H groups in total. The van der Waals surface area contributed by atoms with Crippen molar-refractivity contribution >= 4 is 11.6 Å². The molecule has 4 nitrogen and oxygen atoms in total. The molecule has 0 fully saturated rings. The van der Waals surface area contributed by atoms with Crippen LogP contribution in [0, 0.1) is 0 Å². The first kappa shape index (κ1) is 10.4. The lowest BCUT2D eigenvalue weighted by atomic mass is 9.91. The molecule has 0 unspecified atom stereocenters. The minimum atomic E-state index is 0.836. The molecule has 3 rings (SSSR count). The molecule has 0 spiro atoms. The van der Waals surface area contributed by atoms with Gasteiger partial charge in [0.2, 0.25) is 5.96 Å². The Morgan fingerprint density at radius 1 is 1.06 bits per heavy atom. The zero-order chi connectivity index (χ0) is 11.5. The molecule has 0 radical (unpaired) electrons. The third-order valence-corrected chi connectivity index (χ3v) is 3.35. The van der Waals surface area contributed by atoms with Gasteiger partial charge in [0.05, 0.1) is 12.2 Å². The van der Waals surface area contributed by atoms with Gasteiger partial charge in [-0.15, -0.1) is 0 Å². The van der Waals surface area contributed by atoms with Gasteiger partial charge >= 0.3 is 0 Å². The number of rotatable bonds is 2. The van der Waals surface area contributed by atoms with Crippen molar-refractivity contribution in [1.29, 1.82) is 0 Å². The monoisotopic (exact) mass is 230 g/mol. The number of nitrogens with zero attached hydrogens (tertiary/aromatic N) is 1. The van der Waals surface area contributed by atoms with Crippen molar-refractivity contribution in [2.24, 2.45) is 4.99 Å². The molecule has 1 aliphatic carbocycles. The Morgan fingerprint density at radius 2 is 1.94 bits per heavy atom. The van der Waals surface area contributed by atoms with Crippen LogP contribution in [-0.4, -0.2) is 19.0 Å². The molecule has 1 aliphatic heterocycles. The van der Waals surface area contributed by atoms with Crippen LogP contribution < -0.4 is 16.2 Å². The third-order valence-electron chi connectivity index (χ3n) is 3.35. The van der Waals surface area contributed by atoms with Crippen LogP contribution in [-0.2, 0) is 12.8 Å². The van der Waals surface area contributed by atoms with E-state index >= 15 is 0 Å². The van der Waals surface area contributed by atoms with E-state index in [0.29, 0.717) is 0 Å². The molecule has 90 valence electrons. The number of anilines is 1. The van der Waals surface area contributed by atoms with Gasteiger partial charge in [0.25, 0.3) is 0 Å². The van der Waals surface area contributed by atoms with Crippen LogP contribution in [0.3, 0.4) is 0 Å². The largest absolute Gasteiger partial charge is 0.353 e. The molecule has 0 aromatic heterocycles. The van der Waals surface area contributed by atoms with E-state index in [1.165, 1.54) is 36.8 Å². The fourth-order valence-electron chi connectivity index (χ4n) is 2.42. The quantitative estimate of drug-likeness (QED) is 0.674. The normalized spacial score (nSPS) is 18.0. The molecule has 4 heteroatoms. The number of aliphatic imine (C=N–C) groups is 1. The van der Waals surface area contributed by atoms with E-state index in [2.05, 4.69) is 39.4 Å². The maximum atomic E-state index is 4.27. The van der Waals surface area contributed by atoms with Crippen molar-refractivity contribution in [2.45, 2.75) is 25.7 Å². The zero-order valence-corrected chi connectivity index (χ0v) is 9.92. The highest BCUT2D eigenvalue weighted by Crippen LogP contribution is 2.23. The van der Waals surface area contributed by atoms with Crippen LogP contribution in [0.15, 0.2) is 23.2 Å². The molecule has 0 saturated heterocycles. The number of benzene rings is 1. The van der Waals surface area contributed by atoms with E-state index in [4.69, 9.17) is 0 Å². The number of guanidine groups is 1. The highest BCUT2D eigenvalue weighted by atomic mass is 15.4. The van der Waals surface area contributed by atoms with Crippen molar-refractivity contribution in [2.75, 3.05) is 18.5 Å². The average molecular weight is 230 g/mol. The second kappa shape index (κ2) is 4.65. The number of hydrazine groups is 1. The standard InChI is InChI=1S/C13H18N4/c1-2-4-11-9-12(6-5-10(11)3-1)16-17-13-14-7-8-15-13/h5-6,9,16H,1-4,7-8H2,(H2,14,15,17). The van der Waals surface area contributed by atoms with E-state index in [0.717, 1.165) is 24.7 Å². The van der Waals surface area contributed by atoms with Crippen LogP contribution in [0.25, 0.3) is 0 Å². The molecule has 0 bridgehead atoms. The van der Waals surface area contributed by atoms with Crippen LogP contribution in [0.4, 0.5) is 5.69 Å². The summed E-state index contributed by atoms with van der Waals surface area (Å²) in [6, 6.07) is 6.62. The molecule has 1 aromatic carbocycles. The number of hydrogen-bond donors (Lipinski definition) is 3. The Bertz CT molecular complexity index is 439. The molecule has 1 heterocycles. The second-order valence-corrected chi connectivity index (χ2v) is 4.60. The SMILES string of the molecule is c1cc2c(cc1NNC1=NCCN1)CCCC2. The van der Waals surface area contributed by atoms with Gasteiger partial charge in [-0.2, -0.15) is 0 Å². The molecule has 1 aromatic rings. The van der Waals surface area contributed by atoms with Gasteiger partial charge < -0.3 is 5.32 Å². The minimum Gasteiger partial charge on any atom is -0.353 e. The Kier molecular flexibility index (Phi) is 2.86. The Balaban J connectivity index is 1.66. The van der Waals surface area contributed by atoms with Gasteiger partial charge in [-0.3, -0.25) is 15.8 Å². The fourth-order valence-corrected chi connectivity index (χ4v) is 2.42. The second-order valence-electron chi connectivity index (χ2n) is 4.60. The molecular formula is C13H18N4. The minimum absolute atomic E-state index is 0.836. The number of nitrogens with one attached hydrogen (secondary N) is 3. The lowest BCUT2D eigenvalue weighted by Crippen LogP contribution is -2.37. The summed E-state index contributed by atoms with van der Waals surface area (Å²) in [4.78, 5) is 4.27. The first-order valence-corrected chi connectivity index (χ1v) is 6.34. The van der Waals surface area contributed by atoms with E-state index in [-0.39, 0.29) is 0 Å². The Hall–Kier alpha value is -1.71. The maximum absolute atomic E-state index is 4.27. The number of aryl methyl sites for hydroxylation is 2. The van der Waals surface area contributed by atoms with E-state index < -0.39 is 0 Å². The van der Waals surface area contributed by atoms with Crippen molar-refractivity contribution in [3.63, 3.8) is 0 Å². The molecule has 17 heavy (non-hydrogen) atoms. The van der Waals surface area contributed by atoms with E-state index in [1.54, 1.807) is 0 Å². The summed E-state index contributed by atoms with van der Waals surface area (Å²) >= 11 is 0. The summed E-state index contributed by atoms with van der Waals surface area (Å²) < 4.78 is 0. The summed E-state index contributed by atoms with van der Waals surface area (Å²) in [7, 11) is 0. The topological polar surface area (TPSA) is 48.5 Å². The summed E-state index contributed by atoms with van der Waals surface area (Å²) in [6.45, 7) is 1.78. The zero-order valence-electron chi connectivity index (χ0n) is 9.92. The van der Waals surface area contributed by atoms with Crippen molar-refractivity contribution < 1.29 is 0 Å². The third kappa shape index (κ3) is 2.35.